The number of hydrogen-bond acceptors (Lipinski definition) is 4. The number of rotatable bonds is 4. The van der Waals surface area contributed by atoms with Crippen LogP contribution in [0.4, 0.5) is 0 Å². The summed E-state index contributed by atoms with van der Waals surface area (Å²) in [6.45, 7) is 1.68. The number of hydrogen-bond donors (Lipinski definition) is 1. The Labute approximate surface area is 95.3 Å². The summed E-state index contributed by atoms with van der Waals surface area (Å²) in [6, 6.07) is 0. The number of methoxy groups -OCH3 is 1. The van der Waals surface area contributed by atoms with Crippen molar-refractivity contribution in [1.29, 1.82) is 0 Å². The molecule has 0 aromatic carbocycles. The van der Waals surface area contributed by atoms with Gasteiger partial charge in [-0.1, -0.05) is 0 Å². The van der Waals surface area contributed by atoms with Crippen LogP contribution in [-0.2, 0) is 19.7 Å². The highest BCUT2D eigenvalue weighted by Gasteiger charge is 2.25. The van der Waals surface area contributed by atoms with Gasteiger partial charge in [-0.25, -0.2) is 5.14 Å². The van der Waals surface area contributed by atoms with Gasteiger partial charge >= 0.3 is 0 Å². The first-order valence-electron chi connectivity index (χ1n) is 4.99. The average Bonchev–Trinajstić information content (AvgIpc) is 2.25. The maximum absolute atomic E-state index is 11.6. The predicted molar refractivity (Wildman–Crippen MR) is 57.8 cm³/mol. The number of carbonyl (C=O) groups excluding carboxylic acids is 1. The maximum Gasteiger partial charge on any atom is 0.277 e. The van der Waals surface area contributed by atoms with Crippen LogP contribution in [0.2, 0.25) is 0 Å². The second kappa shape index (κ2) is 5.58. The van der Waals surface area contributed by atoms with Gasteiger partial charge in [0, 0.05) is 33.3 Å². The third-order valence-electron chi connectivity index (χ3n) is 2.47. The van der Waals surface area contributed by atoms with E-state index in [4.69, 9.17) is 9.88 Å². The molecule has 16 heavy (non-hydrogen) atoms. The molecule has 1 heterocycles. The third-order valence-corrected chi connectivity index (χ3v) is 3.56. The van der Waals surface area contributed by atoms with Gasteiger partial charge < -0.3 is 9.64 Å². The molecule has 0 aromatic heterocycles. The van der Waals surface area contributed by atoms with Crippen LogP contribution >= 0.6 is 0 Å². The van der Waals surface area contributed by atoms with Gasteiger partial charge in [0.25, 0.3) is 10.2 Å². The summed E-state index contributed by atoms with van der Waals surface area (Å²) in [5, 5.41) is 4.99. The highest BCUT2D eigenvalue weighted by Crippen LogP contribution is 2.05. The Morgan fingerprint density at radius 1 is 1.31 bits per heavy atom. The molecule has 0 unspecified atom stereocenters. The average molecular weight is 251 g/mol. The standard InChI is InChI=1S/C8H17N3O4S/c1-15-7-2-8(12)10-3-5-11(6-4-10)16(9,13)14/h2-7H2,1H3,(H2,9,13,14). The van der Waals surface area contributed by atoms with Gasteiger partial charge in [-0.3, -0.25) is 4.79 Å². The molecule has 1 rings (SSSR count). The van der Waals surface area contributed by atoms with Crippen molar-refractivity contribution in [2.45, 2.75) is 6.42 Å². The predicted octanol–water partition coefficient (Wildman–Crippen LogP) is -1.63. The monoisotopic (exact) mass is 251 g/mol. The lowest BCUT2D eigenvalue weighted by atomic mass is 10.3. The van der Waals surface area contributed by atoms with E-state index in [-0.39, 0.29) is 19.0 Å². The zero-order chi connectivity index (χ0) is 12.2. The van der Waals surface area contributed by atoms with E-state index < -0.39 is 10.2 Å². The molecule has 0 aliphatic carbocycles. The third kappa shape index (κ3) is 3.71. The smallest absolute Gasteiger partial charge is 0.277 e. The van der Waals surface area contributed by atoms with Crippen molar-refractivity contribution in [3.8, 4) is 0 Å². The van der Waals surface area contributed by atoms with Crippen LogP contribution in [0.3, 0.4) is 0 Å². The second-order valence-corrected chi connectivity index (χ2v) is 5.11. The molecule has 2 N–H and O–H groups in total. The van der Waals surface area contributed by atoms with E-state index in [1.165, 1.54) is 11.4 Å². The Morgan fingerprint density at radius 3 is 2.31 bits per heavy atom. The van der Waals surface area contributed by atoms with Crippen LogP contribution in [0, 0.1) is 0 Å². The minimum atomic E-state index is -3.62. The first kappa shape index (κ1) is 13.4. The van der Waals surface area contributed by atoms with E-state index in [0.717, 1.165) is 0 Å². The van der Waals surface area contributed by atoms with Crippen molar-refractivity contribution in [3.63, 3.8) is 0 Å². The molecule has 0 atom stereocenters. The minimum Gasteiger partial charge on any atom is -0.384 e. The first-order valence-corrected chi connectivity index (χ1v) is 6.50. The van der Waals surface area contributed by atoms with Crippen LogP contribution in [-0.4, -0.2) is 63.4 Å². The van der Waals surface area contributed by atoms with Crippen LogP contribution < -0.4 is 5.14 Å². The summed E-state index contributed by atoms with van der Waals surface area (Å²) >= 11 is 0. The molecular weight excluding hydrogens is 234 g/mol. The zero-order valence-electron chi connectivity index (χ0n) is 9.26. The lowest BCUT2D eigenvalue weighted by molar-refractivity contribution is -0.133. The molecule has 1 aliphatic heterocycles. The second-order valence-electron chi connectivity index (χ2n) is 3.57. The summed E-state index contributed by atoms with van der Waals surface area (Å²) in [5.41, 5.74) is 0. The van der Waals surface area contributed by atoms with Crippen molar-refractivity contribution < 1.29 is 17.9 Å². The highest BCUT2D eigenvalue weighted by molar-refractivity contribution is 7.86. The van der Waals surface area contributed by atoms with Crippen molar-refractivity contribution in [3.05, 3.63) is 0 Å². The van der Waals surface area contributed by atoms with Gasteiger partial charge in [-0.05, 0) is 0 Å². The van der Waals surface area contributed by atoms with Gasteiger partial charge in [0.1, 0.15) is 0 Å². The van der Waals surface area contributed by atoms with E-state index in [1.54, 1.807) is 4.90 Å². The Balaban J connectivity index is 2.40. The number of nitrogens with two attached hydrogens (primary N) is 1. The number of carbonyl (C=O) groups is 1. The fourth-order valence-corrected chi connectivity index (χ4v) is 2.21. The minimum absolute atomic E-state index is 0.0177. The van der Waals surface area contributed by atoms with E-state index >= 15 is 0 Å². The number of piperazine rings is 1. The van der Waals surface area contributed by atoms with Crippen LogP contribution in [0.5, 0.6) is 0 Å². The summed E-state index contributed by atoms with van der Waals surface area (Å²) in [4.78, 5) is 13.2. The number of nitrogens with zero attached hydrogens (tertiary/aromatic N) is 2. The molecule has 8 heteroatoms. The molecule has 0 bridgehead atoms. The Bertz CT molecular complexity index is 335. The van der Waals surface area contributed by atoms with Gasteiger partial charge in [0.15, 0.2) is 0 Å². The highest BCUT2D eigenvalue weighted by atomic mass is 32.2. The molecule has 0 radical (unpaired) electrons. The summed E-state index contributed by atoms with van der Waals surface area (Å²) in [7, 11) is -2.09. The van der Waals surface area contributed by atoms with Crippen molar-refractivity contribution >= 4 is 16.1 Å². The van der Waals surface area contributed by atoms with E-state index in [1.807, 2.05) is 0 Å². The van der Waals surface area contributed by atoms with E-state index in [0.29, 0.717) is 26.1 Å². The lowest BCUT2D eigenvalue weighted by Crippen LogP contribution is -2.52. The molecule has 1 amide bonds. The summed E-state index contributed by atoms with van der Waals surface area (Å²) < 4.78 is 28.0. The normalized spacial score (nSPS) is 18.8. The van der Waals surface area contributed by atoms with Gasteiger partial charge in [0.2, 0.25) is 5.91 Å². The largest absolute Gasteiger partial charge is 0.384 e. The zero-order valence-corrected chi connectivity index (χ0v) is 10.1. The first-order chi connectivity index (χ1) is 7.45. The molecule has 1 aliphatic rings. The quantitative estimate of drug-likeness (QED) is 0.649. The Hall–Kier alpha value is -0.700. The molecule has 0 aromatic rings. The lowest BCUT2D eigenvalue weighted by Gasteiger charge is -2.32. The van der Waals surface area contributed by atoms with E-state index in [9.17, 15) is 13.2 Å². The van der Waals surface area contributed by atoms with Gasteiger partial charge in [-0.2, -0.15) is 12.7 Å². The van der Waals surface area contributed by atoms with Crippen molar-refractivity contribution in [2.24, 2.45) is 5.14 Å². The summed E-state index contributed by atoms with van der Waals surface area (Å²) in [5.74, 6) is -0.0177. The topological polar surface area (TPSA) is 92.9 Å². The van der Waals surface area contributed by atoms with E-state index in [2.05, 4.69) is 0 Å². The Kier molecular flexibility index (Phi) is 4.66. The number of ether oxygens (including phenoxy) is 1. The molecular formula is C8H17N3O4S. The maximum atomic E-state index is 11.6. The fraction of sp³-hybridized carbons (Fsp3) is 0.875. The van der Waals surface area contributed by atoms with Crippen LogP contribution in [0.25, 0.3) is 0 Å². The molecule has 0 saturated carbocycles. The molecule has 1 saturated heterocycles. The molecule has 0 spiro atoms. The number of amides is 1. The molecule has 1 fully saturated rings. The van der Waals surface area contributed by atoms with Crippen molar-refractivity contribution in [2.75, 3.05) is 39.9 Å². The summed E-state index contributed by atoms with van der Waals surface area (Å²) in [6.07, 6.45) is 0.325. The van der Waals surface area contributed by atoms with Crippen LogP contribution in [0.1, 0.15) is 6.42 Å². The fourth-order valence-electron chi connectivity index (χ4n) is 1.54. The Morgan fingerprint density at radius 2 is 1.88 bits per heavy atom. The van der Waals surface area contributed by atoms with Crippen molar-refractivity contribution in [1.82, 2.24) is 9.21 Å². The molecule has 94 valence electrons. The SMILES string of the molecule is COCCC(=O)N1CCN(S(N)(=O)=O)CC1. The van der Waals surface area contributed by atoms with Gasteiger partial charge in [0.05, 0.1) is 13.0 Å². The van der Waals surface area contributed by atoms with Crippen LogP contribution in [0.15, 0.2) is 0 Å². The van der Waals surface area contributed by atoms with Gasteiger partial charge in [-0.15, -0.1) is 0 Å². The molecule has 7 nitrogen and oxygen atoms in total.